The van der Waals surface area contributed by atoms with E-state index in [2.05, 4.69) is 36.4 Å². The third kappa shape index (κ3) is 3.36. The second-order valence-electron chi connectivity index (χ2n) is 6.28. The van der Waals surface area contributed by atoms with Crippen molar-refractivity contribution < 1.29 is 0 Å². The van der Waals surface area contributed by atoms with Crippen molar-refractivity contribution in [2.75, 3.05) is 33.2 Å². The van der Waals surface area contributed by atoms with E-state index in [9.17, 15) is 0 Å². The largest absolute Gasteiger partial charge is 0.306 e. The van der Waals surface area contributed by atoms with Crippen LogP contribution in [0.4, 0.5) is 0 Å². The molecule has 2 aliphatic rings. The highest BCUT2D eigenvalue weighted by Crippen LogP contribution is 2.33. The van der Waals surface area contributed by atoms with Crippen molar-refractivity contribution in [3.63, 3.8) is 0 Å². The van der Waals surface area contributed by atoms with Gasteiger partial charge in [-0.3, -0.25) is 4.90 Å². The van der Waals surface area contributed by atoms with Crippen LogP contribution in [-0.2, 0) is 0 Å². The molecule has 2 nitrogen and oxygen atoms in total. The molecule has 0 N–H and O–H groups in total. The zero-order chi connectivity index (χ0) is 13.0. The van der Waals surface area contributed by atoms with E-state index in [0.29, 0.717) is 6.04 Å². The third-order valence-corrected chi connectivity index (χ3v) is 4.97. The molecule has 2 heteroatoms. The van der Waals surface area contributed by atoms with Crippen molar-refractivity contribution in [3.8, 4) is 0 Å². The van der Waals surface area contributed by atoms with E-state index >= 15 is 0 Å². The Morgan fingerprint density at radius 3 is 2.67 bits per heavy atom. The Balaban J connectivity index is 1.84. The predicted octanol–water partition coefficient (Wildman–Crippen LogP) is 3.00. The molecule has 0 aromatic rings. The first-order valence-electron chi connectivity index (χ1n) is 7.79. The summed E-state index contributed by atoms with van der Waals surface area (Å²) in [6, 6.07) is 0.657. The van der Waals surface area contributed by atoms with E-state index in [0.717, 1.165) is 11.8 Å². The molecule has 2 unspecified atom stereocenters. The normalized spacial score (nSPS) is 28.1. The molecule has 2 rings (SSSR count). The van der Waals surface area contributed by atoms with Crippen LogP contribution < -0.4 is 0 Å². The first-order chi connectivity index (χ1) is 8.74. The van der Waals surface area contributed by atoms with Gasteiger partial charge in [-0.1, -0.05) is 25.8 Å². The average molecular weight is 250 g/mol. The van der Waals surface area contributed by atoms with Gasteiger partial charge in [0.05, 0.1) is 0 Å². The Labute approximate surface area is 113 Å². The molecule has 0 radical (unpaired) electrons. The number of hydrogen-bond donors (Lipinski definition) is 0. The minimum atomic E-state index is 0.657. The summed E-state index contributed by atoms with van der Waals surface area (Å²) in [7, 11) is 2.24. The van der Waals surface area contributed by atoms with E-state index in [1.165, 1.54) is 58.3 Å². The molecule has 1 heterocycles. The molecular weight excluding hydrogens is 220 g/mol. The topological polar surface area (TPSA) is 6.48 Å². The van der Waals surface area contributed by atoms with Crippen LogP contribution in [-0.4, -0.2) is 49.1 Å². The monoisotopic (exact) mass is 250 g/mol. The van der Waals surface area contributed by atoms with Gasteiger partial charge in [-0.2, -0.15) is 0 Å². The van der Waals surface area contributed by atoms with Gasteiger partial charge in [-0.25, -0.2) is 0 Å². The van der Waals surface area contributed by atoms with Crippen LogP contribution in [0.15, 0.2) is 12.7 Å². The summed E-state index contributed by atoms with van der Waals surface area (Å²) in [5.74, 6) is 1.77. The van der Waals surface area contributed by atoms with E-state index in [-0.39, 0.29) is 0 Å². The fourth-order valence-electron chi connectivity index (χ4n) is 3.79. The number of likely N-dealkylation sites (tertiary alicyclic amines) is 1. The summed E-state index contributed by atoms with van der Waals surface area (Å²) in [5, 5.41) is 0. The van der Waals surface area contributed by atoms with Crippen molar-refractivity contribution in [1.29, 1.82) is 0 Å². The molecule has 2 fully saturated rings. The minimum absolute atomic E-state index is 0.657. The fourth-order valence-corrected chi connectivity index (χ4v) is 3.79. The fraction of sp³-hybridized carbons (Fsp3) is 0.875. The predicted molar refractivity (Wildman–Crippen MR) is 78.8 cm³/mol. The zero-order valence-corrected chi connectivity index (χ0v) is 12.3. The van der Waals surface area contributed by atoms with Crippen LogP contribution in [0.25, 0.3) is 0 Å². The second kappa shape index (κ2) is 6.72. The van der Waals surface area contributed by atoms with Crippen LogP contribution in [0.3, 0.4) is 0 Å². The molecule has 1 aliphatic carbocycles. The Morgan fingerprint density at radius 2 is 2.06 bits per heavy atom. The zero-order valence-electron chi connectivity index (χ0n) is 12.3. The Morgan fingerprint density at radius 1 is 1.33 bits per heavy atom. The molecule has 0 amide bonds. The maximum absolute atomic E-state index is 4.10. The summed E-state index contributed by atoms with van der Waals surface area (Å²) in [5.41, 5.74) is 0. The lowest BCUT2D eigenvalue weighted by molar-refractivity contribution is 0.200. The van der Waals surface area contributed by atoms with Gasteiger partial charge in [0.1, 0.15) is 0 Å². The Hall–Kier alpha value is -0.340. The van der Waals surface area contributed by atoms with Gasteiger partial charge >= 0.3 is 0 Å². The van der Waals surface area contributed by atoms with Crippen molar-refractivity contribution in [2.24, 2.45) is 11.8 Å². The van der Waals surface area contributed by atoms with E-state index < -0.39 is 0 Å². The van der Waals surface area contributed by atoms with Crippen LogP contribution in [0.5, 0.6) is 0 Å². The molecule has 18 heavy (non-hydrogen) atoms. The molecule has 0 spiro atoms. The molecular formula is C16H30N2. The average Bonchev–Trinajstić information content (AvgIpc) is 3.02. The van der Waals surface area contributed by atoms with Crippen molar-refractivity contribution >= 4 is 0 Å². The maximum atomic E-state index is 4.10. The van der Waals surface area contributed by atoms with Crippen LogP contribution in [0.2, 0.25) is 0 Å². The van der Waals surface area contributed by atoms with Gasteiger partial charge < -0.3 is 4.90 Å². The standard InChI is InChI=1S/C16H30N2/c1-4-16(15-8-6-7-9-15)18-11-10-14(13-18)12-17(3)5-2/h4,14-16H,1,5-13H2,2-3H3. The highest BCUT2D eigenvalue weighted by molar-refractivity contribution is 4.97. The Bertz CT molecular complexity index is 258. The smallest absolute Gasteiger partial charge is 0.0303 e. The van der Waals surface area contributed by atoms with Crippen LogP contribution in [0, 0.1) is 11.8 Å². The maximum Gasteiger partial charge on any atom is 0.0303 e. The SMILES string of the molecule is C=CC(C1CCCC1)N1CCC(CN(C)CC)C1. The molecule has 1 saturated carbocycles. The van der Waals surface area contributed by atoms with Gasteiger partial charge in [0, 0.05) is 19.1 Å². The van der Waals surface area contributed by atoms with Gasteiger partial charge in [0.25, 0.3) is 0 Å². The number of hydrogen-bond acceptors (Lipinski definition) is 2. The molecule has 0 aromatic heterocycles. The van der Waals surface area contributed by atoms with Crippen molar-refractivity contribution in [2.45, 2.75) is 45.1 Å². The van der Waals surface area contributed by atoms with Gasteiger partial charge in [-0.15, -0.1) is 6.58 Å². The van der Waals surface area contributed by atoms with Crippen LogP contribution >= 0.6 is 0 Å². The van der Waals surface area contributed by atoms with E-state index in [1.807, 2.05) is 0 Å². The second-order valence-corrected chi connectivity index (χ2v) is 6.28. The van der Waals surface area contributed by atoms with E-state index in [1.54, 1.807) is 0 Å². The highest BCUT2D eigenvalue weighted by atomic mass is 15.2. The van der Waals surface area contributed by atoms with Crippen LogP contribution in [0.1, 0.15) is 39.0 Å². The summed E-state index contributed by atoms with van der Waals surface area (Å²) in [4.78, 5) is 5.16. The lowest BCUT2D eigenvalue weighted by Crippen LogP contribution is -2.37. The summed E-state index contributed by atoms with van der Waals surface area (Å²) >= 11 is 0. The van der Waals surface area contributed by atoms with Crippen molar-refractivity contribution in [1.82, 2.24) is 9.80 Å². The molecule has 0 aromatic carbocycles. The minimum Gasteiger partial charge on any atom is -0.306 e. The Kier molecular flexibility index (Phi) is 5.25. The molecule has 2 atom stereocenters. The first kappa shape index (κ1) is 14.1. The molecule has 0 bridgehead atoms. The van der Waals surface area contributed by atoms with E-state index in [4.69, 9.17) is 0 Å². The summed E-state index contributed by atoms with van der Waals surface area (Å²) in [6.07, 6.45) is 9.32. The summed E-state index contributed by atoms with van der Waals surface area (Å²) < 4.78 is 0. The first-order valence-corrected chi connectivity index (χ1v) is 7.79. The highest BCUT2D eigenvalue weighted by Gasteiger charge is 2.32. The van der Waals surface area contributed by atoms with Gasteiger partial charge in [0.2, 0.25) is 0 Å². The quantitative estimate of drug-likeness (QED) is 0.669. The van der Waals surface area contributed by atoms with Gasteiger partial charge in [0.15, 0.2) is 0 Å². The molecule has 1 aliphatic heterocycles. The molecule has 1 saturated heterocycles. The molecule has 104 valence electrons. The summed E-state index contributed by atoms with van der Waals surface area (Å²) in [6.45, 7) is 11.4. The number of rotatable bonds is 6. The number of nitrogens with zero attached hydrogens (tertiary/aromatic N) is 2. The lowest BCUT2D eigenvalue weighted by Gasteiger charge is -2.30. The van der Waals surface area contributed by atoms with Gasteiger partial charge in [-0.05, 0) is 51.2 Å². The van der Waals surface area contributed by atoms with Crippen molar-refractivity contribution in [3.05, 3.63) is 12.7 Å². The third-order valence-electron chi connectivity index (χ3n) is 4.97. The lowest BCUT2D eigenvalue weighted by atomic mass is 9.97.